The number of hydrogen-bond acceptors (Lipinski definition) is 3. The molecule has 5 heteroatoms. The maximum atomic E-state index is 12.4. The minimum absolute atomic E-state index is 0.0389. The van der Waals surface area contributed by atoms with Gasteiger partial charge in [-0.15, -0.1) is 0 Å². The molecule has 0 spiro atoms. The van der Waals surface area contributed by atoms with Crippen molar-refractivity contribution in [2.45, 2.75) is 38.7 Å². The van der Waals surface area contributed by atoms with Gasteiger partial charge < -0.3 is 15.0 Å². The van der Waals surface area contributed by atoms with E-state index in [2.05, 4.69) is 5.32 Å². The summed E-state index contributed by atoms with van der Waals surface area (Å²) >= 11 is 0. The van der Waals surface area contributed by atoms with Crippen molar-refractivity contribution in [1.82, 2.24) is 4.90 Å². The molecular formula is C17H24N2O3. The monoisotopic (exact) mass is 304 g/mol. The van der Waals surface area contributed by atoms with Crippen LogP contribution >= 0.6 is 0 Å². The van der Waals surface area contributed by atoms with Crippen molar-refractivity contribution >= 4 is 17.5 Å². The molecule has 0 bridgehead atoms. The maximum Gasteiger partial charge on any atom is 0.253 e. The number of benzene rings is 1. The third-order valence-electron chi connectivity index (χ3n) is 3.84. The van der Waals surface area contributed by atoms with Crippen molar-refractivity contribution in [3.63, 3.8) is 0 Å². The summed E-state index contributed by atoms with van der Waals surface area (Å²) in [6.07, 6.45) is 4.57. The second-order valence-electron chi connectivity index (χ2n) is 5.77. The average Bonchev–Trinajstić information content (AvgIpc) is 2.52. The summed E-state index contributed by atoms with van der Waals surface area (Å²) in [5, 5.41) is 2.69. The number of carbonyl (C=O) groups is 2. The van der Waals surface area contributed by atoms with Gasteiger partial charge in [-0.25, -0.2) is 0 Å². The fourth-order valence-electron chi connectivity index (χ4n) is 2.63. The molecule has 1 saturated heterocycles. The number of anilines is 1. The van der Waals surface area contributed by atoms with Crippen LogP contribution in [-0.4, -0.2) is 43.0 Å². The van der Waals surface area contributed by atoms with Gasteiger partial charge in [0, 0.05) is 38.4 Å². The number of nitrogens with zero attached hydrogens (tertiary/aromatic N) is 1. The predicted molar refractivity (Wildman–Crippen MR) is 85.9 cm³/mol. The third-order valence-corrected chi connectivity index (χ3v) is 3.84. The molecule has 120 valence electrons. The first-order valence-corrected chi connectivity index (χ1v) is 7.81. The van der Waals surface area contributed by atoms with Crippen molar-refractivity contribution in [3.8, 4) is 0 Å². The largest absolute Gasteiger partial charge is 0.378 e. The minimum atomic E-state index is -0.146. The van der Waals surface area contributed by atoms with E-state index >= 15 is 0 Å². The van der Waals surface area contributed by atoms with Crippen LogP contribution in [0.5, 0.6) is 0 Å². The number of nitrogens with one attached hydrogen (secondary N) is 1. The smallest absolute Gasteiger partial charge is 0.253 e. The lowest BCUT2D eigenvalue weighted by Gasteiger charge is -2.25. The summed E-state index contributed by atoms with van der Waals surface area (Å²) in [5.41, 5.74) is 1.22. The van der Waals surface area contributed by atoms with Gasteiger partial charge in [0.2, 0.25) is 5.91 Å². The molecule has 5 nitrogen and oxygen atoms in total. The molecule has 1 N–H and O–H groups in total. The van der Waals surface area contributed by atoms with Crippen molar-refractivity contribution in [1.29, 1.82) is 0 Å². The molecule has 1 aliphatic heterocycles. The number of hydrogen-bond donors (Lipinski definition) is 1. The molecule has 1 fully saturated rings. The quantitative estimate of drug-likeness (QED) is 0.910. The molecule has 1 aliphatic rings. The van der Waals surface area contributed by atoms with Gasteiger partial charge in [0.05, 0.1) is 6.10 Å². The Bertz CT molecular complexity index is 524. The highest BCUT2D eigenvalue weighted by molar-refractivity contribution is 5.96. The van der Waals surface area contributed by atoms with E-state index in [4.69, 9.17) is 4.74 Å². The van der Waals surface area contributed by atoms with Crippen LogP contribution in [-0.2, 0) is 9.53 Å². The Morgan fingerprint density at radius 3 is 2.86 bits per heavy atom. The van der Waals surface area contributed by atoms with Crippen LogP contribution < -0.4 is 5.32 Å². The predicted octanol–water partition coefficient (Wildman–Crippen LogP) is 2.68. The van der Waals surface area contributed by atoms with E-state index in [9.17, 15) is 9.59 Å². The molecule has 2 rings (SSSR count). The van der Waals surface area contributed by atoms with Gasteiger partial charge in [0.1, 0.15) is 0 Å². The summed E-state index contributed by atoms with van der Waals surface area (Å²) in [6.45, 7) is 2.96. The number of rotatable bonds is 5. The summed E-state index contributed by atoms with van der Waals surface area (Å²) in [4.78, 5) is 25.2. The van der Waals surface area contributed by atoms with Crippen LogP contribution in [0, 0.1) is 0 Å². The van der Waals surface area contributed by atoms with Gasteiger partial charge in [-0.3, -0.25) is 9.59 Å². The van der Waals surface area contributed by atoms with Gasteiger partial charge in [-0.05, 0) is 43.9 Å². The third kappa shape index (κ3) is 4.84. The Labute approximate surface area is 131 Å². The average molecular weight is 304 g/mol. The Hall–Kier alpha value is -1.88. The van der Waals surface area contributed by atoms with E-state index in [0.29, 0.717) is 17.8 Å². The van der Waals surface area contributed by atoms with Gasteiger partial charge in [0.25, 0.3) is 5.91 Å². The van der Waals surface area contributed by atoms with Gasteiger partial charge >= 0.3 is 0 Å². The Kier molecular flexibility index (Phi) is 5.95. The molecule has 0 radical (unpaired) electrons. The zero-order valence-corrected chi connectivity index (χ0v) is 13.3. The van der Waals surface area contributed by atoms with Crippen molar-refractivity contribution in [2.24, 2.45) is 0 Å². The summed E-state index contributed by atoms with van der Waals surface area (Å²) < 4.78 is 5.69. The van der Waals surface area contributed by atoms with Crippen molar-refractivity contribution in [3.05, 3.63) is 29.8 Å². The molecule has 0 saturated carbocycles. The minimum Gasteiger partial charge on any atom is -0.378 e. The molecule has 1 atom stereocenters. The maximum absolute atomic E-state index is 12.4. The zero-order valence-electron chi connectivity index (χ0n) is 13.3. The van der Waals surface area contributed by atoms with Crippen molar-refractivity contribution < 1.29 is 14.3 Å². The van der Waals surface area contributed by atoms with E-state index in [-0.39, 0.29) is 17.9 Å². The molecule has 1 aromatic carbocycles. The van der Waals surface area contributed by atoms with E-state index in [1.54, 1.807) is 36.2 Å². The molecular weight excluding hydrogens is 280 g/mol. The van der Waals surface area contributed by atoms with Crippen molar-refractivity contribution in [2.75, 3.05) is 25.5 Å². The zero-order chi connectivity index (χ0) is 15.9. The lowest BCUT2D eigenvalue weighted by atomic mass is 10.1. The fourth-order valence-corrected chi connectivity index (χ4v) is 2.63. The summed E-state index contributed by atoms with van der Waals surface area (Å²) in [7, 11) is 1.80. The molecule has 0 aliphatic carbocycles. The topological polar surface area (TPSA) is 58.6 Å². The second kappa shape index (κ2) is 7.94. The first-order chi connectivity index (χ1) is 10.6. The van der Waals surface area contributed by atoms with E-state index in [1.807, 2.05) is 0 Å². The first kappa shape index (κ1) is 16.5. The molecule has 1 heterocycles. The second-order valence-corrected chi connectivity index (χ2v) is 5.77. The summed E-state index contributed by atoms with van der Waals surface area (Å²) in [6, 6.07) is 7.02. The van der Waals surface area contributed by atoms with E-state index in [0.717, 1.165) is 25.9 Å². The summed E-state index contributed by atoms with van der Waals surface area (Å²) in [5.74, 6) is -0.185. The van der Waals surface area contributed by atoms with Crippen LogP contribution in [0.25, 0.3) is 0 Å². The number of ether oxygens (including phenoxy) is 1. The standard InChI is InChI=1S/C17H24N2O3/c1-13(20)18-15-7-5-6-14(12-15)17(21)19(2)10-9-16-8-3-4-11-22-16/h5-7,12,16H,3-4,8-11H2,1-2H3,(H,18,20). The van der Waals surface area contributed by atoms with Gasteiger partial charge in [-0.1, -0.05) is 6.07 Å². The number of carbonyl (C=O) groups excluding carboxylic acids is 2. The highest BCUT2D eigenvalue weighted by Crippen LogP contribution is 2.17. The van der Waals surface area contributed by atoms with Crippen LogP contribution in [0.4, 0.5) is 5.69 Å². The molecule has 22 heavy (non-hydrogen) atoms. The lowest BCUT2D eigenvalue weighted by Crippen LogP contribution is -2.31. The van der Waals surface area contributed by atoms with Crippen LogP contribution in [0.2, 0.25) is 0 Å². The van der Waals surface area contributed by atoms with Crippen LogP contribution in [0.1, 0.15) is 43.0 Å². The van der Waals surface area contributed by atoms with Crippen LogP contribution in [0.15, 0.2) is 24.3 Å². The highest BCUT2D eigenvalue weighted by atomic mass is 16.5. The molecule has 1 unspecified atom stereocenters. The van der Waals surface area contributed by atoms with E-state index < -0.39 is 0 Å². The molecule has 0 aromatic heterocycles. The SMILES string of the molecule is CC(=O)Nc1cccc(C(=O)N(C)CCC2CCCCO2)c1. The Morgan fingerprint density at radius 2 is 2.18 bits per heavy atom. The number of amides is 2. The highest BCUT2D eigenvalue weighted by Gasteiger charge is 2.17. The van der Waals surface area contributed by atoms with Gasteiger partial charge in [-0.2, -0.15) is 0 Å². The normalized spacial score (nSPS) is 17.8. The lowest BCUT2D eigenvalue weighted by molar-refractivity contribution is -0.114. The molecule has 1 aromatic rings. The fraction of sp³-hybridized carbons (Fsp3) is 0.529. The first-order valence-electron chi connectivity index (χ1n) is 7.81. The Balaban J connectivity index is 1.90. The molecule has 2 amide bonds. The van der Waals surface area contributed by atoms with Gasteiger partial charge in [0.15, 0.2) is 0 Å². The van der Waals surface area contributed by atoms with Crippen LogP contribution in [0.3, 0.4) is 0 Å². The Morgan fingerprint density at radius 1 is 1.36 bits per heavy atom. The van der Waals surface area contributed by atoms with E-state index in [1.165, 1.54) is 13.3 Å².